The van der Waals surface area contributed by atoms with E-state index in [1.54, 1.807) is 27.5 Å². The van der Waals surface area contributed by atoms with E-state index in [-0.39, 0.29) is 48.8 Å². The number of hydrogen-bond acceptors (Lipinski definition) is 11. The molecule has 3 aliphatic rings. The number of hydrogen-bond donors (Lipinski definition) is 2. The van der Waals surface area contributed by atoms with Gasteiger partial charge in [-0.05, 0) is 104 Å². The normalized spacial score (nSPS) is 20.8. The van der Waals surface area contributed by atoms with Crippen LogP contribution in [0.3, 0.4) is 0 Å². The van der Waals surface area contributed by atoms with Crippen LogP contribution in [0.1, 0.15) is 95.7 Å². The van der Waals surface area contributed by atoms with E-state index in [1.807, 2.05) is 63.2 Å². The number of ether oxygens (including phenoxy) is 3. The maximum atomic E-state index is 14.8. The van der Waals surface area contributed by atoms with Gasteiger partial charge in [0.2, 0.25) is 11.8 Å². The highest BCUT2D eigenvalue weighted by atomic mass is 16.5. The number of likely N-dealkylation sites (N-methyl/N-ethyl adjacent to an activating group) is 1. The van der Waals surface area contributed by atoms with Crippen molar-refractivity contribution in [3.63, 3.8) is 0 Å². The summed E-state index contributed by atoms with van der Waals surface area (Å²) in [7, 11) is 4.97. The number of methoxy groups -OCH3 is 2. The average molecular weight is 979 g/mol. The third kappa shape index (κ3) is 11.2. The Morgan fingerprint density at radius 2 is 1.79 bits per heavy atom. The molecule has 4 atom stereocenters. The monoisotopic (exact) mass is 979 g/mol. The van der Waals surface area contributed by atoms with E-state index in [2.05, 4.69) is 88.5 Å². The molecular formula is C57H70N8O7. The second kappa shape index (κ2) is 22.4. The topological polar surface area (TPSA) is 169 Å². The van der Waals surface area contributed by atoms with Crippen molar-refractivity contribution in [3.8, 4) is 28.1 Å². The molecule has 1 aliphatic carbocycles. The number of nitrogens with zero attached hydrogens (tertiary/aromatic N) is 6. The summed E-state index contributed by atoms with van der Waals surface area (Å²) in [5.74, 6) is -1.26. The molecule has 2 aromatic heterocycles. The molecule has 1 saturated carbocycles. The second-order valence-corrected chi connectivity index (χ2v) is 20.7. The number of carbonyl (C=O) groups is 4. The van der Waals surface area contributed by atoms with E-state index in [0.717, 1.165) is 61.4 Å². The number of carbonyl (C=O) groups excluding carboxylic acids is 4. The molecule has 2 aliphatic heterocycles. The number of aromatic nitrogens is 2. The lowest BCUT2D eigenvalue weighted by Crippen LogP contribution is -2.62. The number of esters is 1. The second-order valence-electron chi connectivity index (χ2n) is 20.7. The standard InChI is InChI=1S/C57H70N8O7/c1-10-64-48-23-22-39-30-44(48)45(52(64)43-19-14-24-59-50(43)36(4)70-8)31-57(5,6)33-72-56(69)46-20-15-25-65(62-46)55(68)47(27-37-16-13-18-38(39)26-37)61-53(66)51(35(2)3)63(7)54(67)41-28-42(29-41)60-34-58-32-40-17-11-12-21-49(40)71-9/h11-14,16-19,21-24,26,30,35-36,41-42,46-47,51,62H,10,15,20,25,27-29,31-33H2,1-9H3,(H,61,66)/t36-,41?,42?,46-,47-,51?/m0/s1. The summed E-state index contributed by atoms with van der Waals surface area (Å²) in [5.41, 5.74) is 11.5. The minimum Gasteiger partial charge on any atom is -0.496 e. The van der Waals surface area contributed by atoms with Crippen molar-refractivity contribution in [1.82, 2.24) is 30.2 Å². The van der Waals surface area contributed by atoms with Gasteiger partial charge >= 0.3 is 5.97 Å². The van der Waals surface area contributed by atoms with Gasteiger partial charge in [0.05, 0.1) is 49.8 Å². The Morgan fingerprint density at radius 1 is 1.01 bits per heavy atom. The van der Waals surface area contributed by atoms with Crippen LogP contribution < -0.4 is 15.5 Å². The summed E-state index contributed by atoms with van der Waals surface area (Å²) in [4.78, 5) is 72.5. The van der Waals surface area contributed by atoms with Crippen LogP contribution in [0.15, 0.2) is 95.0 Å². The Hall–Kier alpha value is -6.67. The maximum absolute atomic E-state index is 14.8. The number of aryl methyl sites for hydroxylation is 1. The lowest BCUT2D eigenvalue weighted by atomic mass is 9.79. The van der Waals surface area contributed by atoms with Crippen LogP contribution >= 0.6 is 0 Å². The predicted molar refractivity (Wildman–Crippen MR) is 278 cm³/mol. The first-order valence-electron chi connectivity index (χ1n) is 25.4. The summed E-state index contributed by atoms with van der Waals surface area (Å²) in [6, 6.07) is 26.4. The molecule has 3 aromatic carbocycles. The van der Waals surface area contributed by atoms with Crippen molar-refractivity contribution in [2.75, 3.05) is 34.4 Å². The Labute approximate surface area is 423 Å². The van der Waals surface area contributed by atoms with Crippen LogP contribution in [0.4, 0.5) is 0 Å². The number of aliphatic imine (C=N–C) groups is 2. The minimum absolute atomic E-state index is 0.103. The van der Waals surface area contributed by atoms with E-state index in [4.69, 9.17) is 19.2 Å². The van der Waals surface area contributed by atoms with Crippen LogP contribution in [0, 0.1) is 17.3 Å². The molecule has 2 fully saturated rings. The number of pyridine rings is 1. The molecule has 380 valence electrons. The van der Waals surface area contributed by atoms with Gasteiger partial charge in [0, 0.05) is 73.2 Å². The first-order valence-corrected chi connectivity index (χ1v) is 25.4. The molecule has 0 spiro atoms. The smallest absolute Gasteiger partial charge is 0.324 e. The van der Waals surface area contributed by atoms with Crippen LogP contribution in [0.25, 0.3) is 33.3 Å². The Bertz CT molecular complexity index is 2860. The third-order valence-corrected chi connectivity index (χ3v) is 14.5. The number of amides is 3. The predicted octanol–water partition coefficient (Wildman–Crippen LogP) is 8.39. The summed E-state index contributed by atoms with van der Waals surface area (Å²) < 4.78 is 19.7. The highest BCUT2D eigenvalue weighted by Gasteiger charge is 2.42. The van der Waals surface area contributed by atoms with Crippen LogP contribution in [0.2, 0.25) is 0 Å². The zero-order valence-electron chi connectivity index (χ0n) is 43.2. The Morgan fingerprint density at radius 3 is 2.54 bits per heavy atom. The number of benzene rings is 3. The molecule has 15 nitrogen and oxygen atoms in total. The molecule has 6 bridgehead atoms. The number of fused-ring (bicyclic) bond motifs is 6. The van der Waals surface area contributed by atoms with Crippen molar-refractivity contribution in [1.29, 1.82) is 0 Å². The van der Waals surface area contributed by atoms with Crippen molar-refractivity contribution in [2.24, 2.45) is 27.2 Å². The zero-order valence-corrected chi connectivity index (χ0v) is 43.2. The molecule has 5 aromatic rings. The lowest BCUT2D eigenvalue weighted by molar-refractivity contribution is -0.155. The van der Waals surface area contributed by atoms with Crippen LogP contribution in [-0.4, -0.2) is 108 Å². The maximum Gasteiger partial charge on any atom is 0.324 e. The molecule has 2 N–H and O–H groups in total. The van der Waals surface area contributed by atoms with Crippen LogP contribution in [-0.2, 0) is 54.6 Å². The molecule has 8 rings (SSSR count). The zero-order chi connectivity index (χ0) is 51.3. The van der Waals surface area contributed by atoms with Gasteiger partial charge in [0.15, 0.2) is 0 Å². The number of rotatable bonds is 13. The highest BCUT2D eigenvalue weighted by Crippen LogP contribution is 2.42. The van der Waals surface area contributed by atoms with Gasteiger partial charge in [-0.25, -0.2) is 15.4 Å². The van der Waals surface area contributed by atoms with Gasteiger partial charge < -0.3 is 29.0 Å². The molecule has 1 saturated heterocycles. The van der Waals surface area contributed by atoms with E-state index in [1.165, 1.54) is 9.91 Å². The molecule has 3 amide bonds. The summed E-state index contributed by atoms with van der Waals surface area (Å²) >= 11 is 0. The van der Waals surface area contributed by atoms with Crippen molar-refractivity contribution in [2.45, 2.75) is 123 Å². The van der Waals surface area contributed by atoms with E-state index < -0.39 is 35.4 Å². The Balaban J connectivity index is 1.09. The molecular weight excluding hydrogens is 909 g/mol. The first kappa shape index (κ1) is 51.7. The molecule has 15 heteroatoms. The van der Waals surface area contributed by atoms with Gasteiger partial charge in [-0.3, -0.25) is 29.2 Å². The van der Waals surface area contributed by atoms with Crippen LogP contribution in [0.5, 0.6) is 5.75 Å². The summed E-state index contributed by atoms with van der Waals surface area (Å²) in [5, 5.41) is 5.64. The quantitative estimate of drug-likeness (QED) is 0.0870. The fourth-order valence-electron chi connectivity index (χ4n) is 10.6. The first-order chi connectivity index (χ1) is 34.6. The lowest BCUT2D eigenvalue weighted by Gasteiger charge is -2.39. The largest absolute Gasteiger partial charge is 0.496 e. The van der Waals surface area contributed by atoms with Crippen molar-refractivity contribution >= 4 is 40.6 Å². The summed E-state index contributed by atoms with van der Waals surface area (Å²) in [6.07, 6.45) is 4.37. The van der Waals surface area contributed by atoms with Gasteiger partial charge in [-0.15, -0.1) is 0 Å². The highest BCUT2D eigenvalue weighted by molar-refractivity contribution is 5.96. The average Bonchev–Trinajstić information content (AvgIpc) is 3.67. The molecule has 0 radical (unpaired) electrons. The van der Waals surface area contributed by atoms with Gasteiger partial charge in [0.25, 0.3) is 5.91 Å². The number of hydrazine groups is 1. The fraction of sp³-hybridized carbons (Fsp3) is 0.474. The van der Waals surface area contributed by atoms with Crippen molar-refractivity contribution in [3.05, 3.63) is 107 Å². The number of nitrogens with one attached hydrogen (secondary N) is 2. The number of para-hydroxylation sites is 1. The molecule has 72 heavy (non-hydrogen) atoms. The SMILES string of the molecule is CCn1c(-c2cccnc2[C@H](C)OC)c2c3cc(ccc31)-c1cccc(c1)C[C@H](NC(=O)C(C(C)C)N(C)C(=O)C1CC(N=C=NCc3ccccc3OC)C1)C(=O)N1CCC[C@H](N1)C(=O)OCC(C)(C)C2. The molecule has 1 unspecified atom stereocenters. The molecule has 4 heterocycles. The van der Waals surface area contributed by atoms with Gasteiger partial charge in [-0.1, -0.05) is 76.2 Å². The fourth-order valence-corrected chi connectivity index (χ4v) is 10.6. The van der Waals surface area contributed by atoms with E-state index in [0.29, 0.717) is 51.7 Å². The number of cyclic esters (lactones) is 1. The third-order valence-electron chi connectivity index (χ3n) is 14.5. The van der Waals surface area contributed by atoms with Gasteiger partial charge in [0.1, 0.15) is 23.9 Å². The van der Waals surface area contributed by atoms with E-state index in [9.17, 15) is 19.2 Å². The summed E-state index contributed by atoms with van der Waals surface area (Å²) in [6.45, 7) is 13.7. The Kier molecular flexibility index (Phi) is 16.1. The van der Waals surface area contributed by atoms with E-state index >= 15 is 0 Å². The van der Waals surface area contributed by atoms with Gasteiger partial charge in [-0.2, -0.15) is 0 Å². The minimum atomic E-state index is -1.03. The van der Waals surface area contributed by atoms with Crippen molar-refractivity contribution < 1.29 is 33.4 Å².